The van der Waals surface area contributed by atoms with E-state index in [1.807, 2.05) is 18.2 Å². The summed E-state index contributed by atoms with van der Waals surface area (Å²) < 4.78 is 0. The zero-order valence-electron chi connectivity index (χ0n) is 14.6. The van der Waals surface area contributed by atoms with Crippen molar-refractivity contribution in [3.8, 4) is 11.3 Å². The van der Waals surface area contributed by atoms with Gasteiger partial charge in [0.05, 0.1) is 17.8 Å². The van der Waals surface area contributed by atoms with Crippen molar-refractivity contribution in [1.82, 2.24) is 25.1 Å². The summed E-state index contributed by atoms with van der Waals surface area (Å²) in [5, 5.41) is 20.4. The Balaban J connectivity index is 1.39. The normalized spacial score (nSPS) is 19.7. The third-order valence-electron chi connectivity index (χ3n) is 4.69. The number of carbonyl (C=O) groups excluding carboxylic acids is 1. The van der Waals surface area contributed by atoms with Crippen molar-refractivity contribution in [3.63, 3.8) is 0 Å². The topological polar surface area (TPSA) is 107 Å². The lowest BCUT2D eigenvalue weighted by Crippen LogP contribution is -2.51. The van der Waals surface area contributed by atoms with Crippen LogP contribution in [-0.4, -0.2) is 61.3 Å². The second-order valence-electron chi connectivity index (χ2n) is 6.48. The van der Waals surface area contributed by atoms with Crippen molar-refractivity contribution >= 4 is 11.9 Å². The van der Waals surface area contributed by atoms with Gasteiger partial charge in [-0.1, -0.05) is 12.1 Å². The summed E-state index contributed by atoms with van der Waals surface area (Å²) in [5.74, 6) is 0.398. The van der Waals surface area contributed by atoms with Gasteiger partial charge < -0.3 is 15.3 Å². The first-order valence-corrected chi connectivity index (χ1v) is 8.81. The highest BCUT2D eigenvalue weighted by Gasteiger charge is 2.31. The standard InChI is InChI=1S/C19H20N6O2/c26-17-12-25(11-7-16(17)23-19-20-8-1-9-21-19)18(27)14-4-2-13(3-5-14)15-6-10-22-24-15/h1-6,8-10,16-17,26H,7,11-12H2,(H,22,24)(H,20,21,23)/t16-,17-/m1/s1. The lowest BCUT2D eigenvalue weighted by molar-refractivity contribution is 0.0425. The SMILES string of the molecule is O=C(c1ccc(-c2ccn[nH]2)cc1)N1CC[C@@H](Nc2ncccn2)[C@H](O)C1. The predicted molar refractivity (Wildman–Crippen MR) is 100.0 cm³/mol. The van der Waals surface area contributed by atoms with Crippen LogP contribution in [0.15, 0.2) is 55.0 Å². The average molecular weight is 364 g/mol. The first-order valence-electron chi connectivity index (χ1n) is 8.81. The average Bonchev–Trinajstić information content (AvgIpc) is 3.25. The molecule has 1 aliphatic rings. The Morgan fingerprint density at radius 1 is 1.15 bits per heavy atom. The molecule has 0 aliphatic carbocycles. The Hall–Kier alpha value is -3.26. The van der Waals surface area contributed by atoms with Crippen molar-refractivity contribution in [2.45, 2.75) is 18.6 Å². The Kier molecular flexibility index (Phi) is 4.80. The van der Waals surface area contributed by atoms with Crippen LogP contribution < -0.4 is 5.32 Å². The largest absolute Gasteiger partial charge is 0.389 e. The number of aromatic amines is 1. The molecule has 1 aromatic carbocycles. The molecular formula is C19H20N6O2. The number of amides is 1. The van der Waals surface area contributed by atoms with Gasteiger partial charge in [-0.2, -0.15) is 5.10 Å². The monoisotopic (exact) mass is 364 g/mol. The maximum atomic E-state index is 12.8. The molecule has 0 unspecified atom stereocenters. The highest BCUT2D eigenvalue weighted by atomic mass is 16.3. The van der Waals surface area contributed by atoms with Crippen LogP contribution in [0, 0.1) is 0 Å². The molecule has 2 aromatic heterocycles. The number of aliphatic hydroxyl groups excluding tert-OH is 1. The number of hydrogen-bond donors (Lipinski definition) is 3. The van der Waals surface area contributed by atoms with E-state index >= 15 is 0 Å². The molecule has 3 heterocycles. The summed E-state index contributed by atoms with van der Waals surface area (Å²) >= 11 is 0. The van der Waals surface area contributed by atoms with Gasteiger partial charge in [-0.25, -0.2) is 9.97 Å². The summed E-state index contributed by atoms with van der Waals surface area (Å²) in [6.45, 7) is 0.828. The second-order valence-corrected chi connectivity index (χ2v) is 6.48. The Bertz CT molecular complexity index is 882. The number of nitrogens with one attached hydrogen (secondary N) is 2. The van der Waals surface area contributed by atoms with Crippen molar-refractivity contribution in [1.29, 1.82) is 0 Å². The smallest absolute Gasteiger partial charge is 0.253 e. The first kappa shape index (κ1) is 17.2. The van der Waals surface area contributed by atoms with Gasteiger partial charge in [0.15, 0.2) is 0 Å². The van der Waals surface area contributed by atoms with Crippen LogP contribution in [0.1, 0.15) is 16.8 Å². The van der Waals surface area contributed by atoms with Gasteiger partial charge in [-0.3, -0.25) is 9.89 Å². The number of hydrogen-bond acceptors (Lipinski definition) is 6. The molecular weight excluding hydrogens is 344 g/mol. The third kappa shape index (κ3) is 3.80. The Morgan fingerprint density at radius 3 is 2.59 bits per heavy atom. The summed E-state index contributed by atoms with van der Waals surface area (Å²) in [6, 6.07) is 10.8. The molecule has 27 heavy (non-hydrogen) atoms. The predicted octanol–water partition coefficient (Wildman–Crippen LogP) is 1.55. The van der Waals surface area contributed by atoms with E-state index in [-0.39, 0.29) is 18.5 Å². The van der Waals surface area contributed by atoms with Gasteiger partial charge in [0.25, 0.3) is 5.91 Å². The molecule has 3 aromatic rings. The van der Waals surface area contributed by atoms with E-state index in [2.05, 4.69) is 25.5 Å². The lowest BCUT2D eigenvalue weighted by Gasteiger charge is -2.36. The fourth-order valence-corrected chi connectivity index (χ4v) is 3.22. The lowest BCUT2D eigenvalue weighted by atomic mass is 10.0. The number of benzene rings is 1. The number of β-amino-alcohol motifs (C(OH)–C–C–N with tert-alkyl or cyclic N) is 1. The van der Waals surface area contributed by atoms with Crippen molar-refractivity contribution < 1.29 is 9.90 Å². The summed E-state index contributed by atoms with van der Waals surface area (Å²) in [4.78, 5) is 22.7. The zero-order chi connectivity index (χ0) is 18.6. The molecule has 138 valence electrons. The minimum absolute atomic E-state index is 0.0837. The summed E-state index contributed by atoms with van der Waals surface area (Å²) in [6.07, 6.45) is 4.92. The number of carbonyl (C=O) groups is 1. The molecule has 1 amide bonds. The van der Waals surface area contributed by atoms with E-state index in [0.29, 0.717) is 24.5 Å². The van der Waals surface area contributed by atoms with Crippen LogP contribution >= 0.6 is 0 Å². The molecule has 1 saturated heterocycles. The Morgan fingerprint density at radius 2 is 1.93 bits per heavy atom. The molecule has 1 fully saturated rings. The van der Waals surface area contributed by atoms with Gasteiger partial charge >= 0.3 is 0 Å². The van der Waals surface area contributed by atoms with Crippen LogP contribution in [0.3, 0.4) is 0 Å². The summed E-state index contributed by atoms with van der Waals surface area (Å²) in [7, 11) is 0. The van der Waals surface area contributed by atoms with Gasteiger partial charge in [-0.05, 0) is 36.2 Å². The van der Waals surface area contributed by atoms with Gasteiger partial charge in [-0.15, -0.1) is 0 Å². The zero-order valence-corrected chi connectivity index (χ0v) is 14.6. The fourth-order valence-electron chi connectivity index (χ4n) is 3.22. The number of piperidine rings is 1. The van der Waals surface area contributed by atoms with Gasteiger partial charge in [0.2, 0.25) is 5.95 Å². The van der Waals surface area contributed by atoms with Gasteiger partial charge in [0, 0.05) is 37.2 Å². The van der Waals surface area contributed by atoms with E-state index in [1.165, 1.54) is 0 Å². The quantitative estimate of drug-likeness (QED) is 0.648. The van der Waals surface area contributed by atoms with Crippen LogP contribution in [0.2, 0.25) is 0 Å². The van der Waals surface area contributed by atoms with E-state index in [9.17, 15) is 9.90 Å². The highest BCUT2D eigenvalue weighted by Crippen LogP contribution is 2.20. The fraction of sp³-hybridized carbons (Fsp3) is 0.263. The molecule has 1 aliphatic heterocycles. The van der Waals surface area contributed by atoms with Crippen molar-refractivity contribution in [2.24, 2.45) is 0 Å². The number of H-pyrrole nitrogens is 1. The molecule has 0 saturated carbocycles. The first-order chi connectivity index (χ1) is 13.2. The van der Waals surface area contributed by atoms with Gasteiger partial charge in [0.1, 0.15) is 0 Å². The number of rotatable bonds is 4. The maximum Gasteiger partial charge on any atom is 0.253 e. The number of aliphatic hydroxyl groups is 1. The van der Waals surface area contributed by atoms with Crippen LogP contribution in [0.25, 0.3) is 11.3 Å². The number of nitrogens with zero attached hydrogens (tertiary/aromatic N) is 4. The Labute approximate surface area is 156 Å². The molecule has 0 bridgehead atoms. The van der Waals surface area contributed by atoms with Crippen LogP contribution in [0.5, 0.6) is 0 Å². The number of anilines is 1. The second kappa shape index (κ2) is 7.55. The molecule has 0 radical (unpaired) electrons. The maximum absolute atomic E-state index is 12.8. The minimum Gasteiger partial charge on any atom is -0.389 e. The van der Waals surface area contributed by atoms with E-state index < -0.39 is 6.10 Å². The highest BCUT2D eigenvalue weighted by molar-refractivity contribution is 5.94. The van der Waals surface area contributed by atoms with E-state index in [4.69, 9.17) is 0 Å². The van der Waals surface area contributed by atoms with E-state index in [1.54, 1.807) is 41.7 Å². The van der Waals surface area contributed by atoms with Crippen molar-refractivity contribution in [2.75, 3.05) is 18.4 Å². The third-order valence-corrected chi connectivity index (χ3v) is 4.69. The van der Waals surface area contributed by atoms with Crippen LogP contribution in [-0.2, 0) is 0 Å². The molecule has 0 spiro atoms. The molecule has 8 heteroatoms. The minimum atomic E-state index is -0.684. The molecule has 2 atom stereocenters. The number of likely N-dealkylation sites (tertiary alicyclic amines) is 1. The molecule has 8 nitrogen and oxygen atoms in total. The van der Waals surface area contributed by atoms with E-state index in [0.717, 1.165) is 11.3 Å². The van der Waals surface area contributed by atoms with Crippen molar-refractivity contribution in [3.05, 3.63) is 60.6 Å². The summed E-state index contributed by atoms with van der Waals surface area (Å²) in [5.41, 5.74) is 2.47. The molecule has 4 rings (SSSR count). The molecule has 3 N–H and O–H groups in total. The number of aromatic nitrogens is 4. The van der Waals surface area contributed by atoms with Crippen LogP contribution in [0.4, 0.5) is 5.95 Å².